The molecule has 0 radical (unpaired) electrons. The van der Waals surface area contributed by atoms with Crippen LogP contribution >= 0.6 is 0 Å². The van der Waals surface area contributed by atoms with Gasteiger partial charge in [-0.3, -0.25) is 14.4 Å². The Morgan fingerprint density at radius 1 is 0.280 bits per heavy atom. The Kier molecular flexibility index (Phi) is 60.7. The third kappa shape index (κ3) is 61.6. The first kappa shape index (κ1) is 71.8. The number of hydrogen-bond acceptors (Lipinski definition) is 6. The van der Waals surface area contributed by atoms with Gasteiger partial charge in [-0.05, 0) is 70.6 Å². The minimum atomic E-state index is -0.772. The van der Waals surface area contributed by atoms with Gasteiger partial charge in [0.25, 0.3) is 0 Å². The quantitative estimate of drug-likeness (QED) is 0.0261. The van der Waals surface area contributed by atoms with Crippen molar-refractivity contribution in [3.63, 3.8) is 0 Å². The molecule has 434 valence electrons. The lowest BCUT2D eigenvalue weighted by Gasteiger charge is -2.18. The van der Waals surface area contributed by atoms with E-state index in [1.54, 1.807) is 0 Å². The van der Waals surface area contributed by atoms with Gasteiger partial charge >= 0.3 is 17.9 Å². The van der Waals surface area contributed by atoms with Crippen molar-refractivity contribution in [3.8, 4) is 0 Å². The number of ether oxygens (including phenoxy) is 3. The van der Waals surface area contributed by atoms with Crippen LogP contribution in [-0.2, 0) is 28.6 Å². The van der Waals surface area contributed by atoms with Crippen LogP contribution in [0.15, 0.2) is 72.9 Å². The van der Waals surface area contributed by atoms with E-state index in [2.05, 4.69) is 93.7 Å². The van der Waals surface area contributed by atoms with Crippen molar-refractivity contribution in [1.82, 2.24) is 0 Å². The number of carbonyl (C=O) groups is 3. The van der Waals surface area contributed by atoms with Crippen molar-refractivity contribution in [2.24, 2.45) is 0 Å². The zero-order valence-corrected chi connectivity index (χ0v) is 49.8. The molecule has 75 heavy (non-hydrogen) atoms. The van der Waals surface area contributed by atoms with E-state index in [0.717, 1.165) is 96.3 Å². The highest BCUT2D eigenvalue weighted by Gasteiger charge is 2.19. The lowest BCUT2D eigenvalue weighted by Crippen LogP contribution is -2.30. The van der Waals surface area contributed by atoms with Crippen LogP contribution in [0.5, 0.6) is 0 Å². The average molecular weight is 1050 g/mol. The van der Waals surface area contributed by atoms with Crippen LogP contribution in [-0.4, -0.2) is 37.2 Å². The molecule has 0 aromatic rings. The Morgan fingerprint density at radius 3 is 0.813 bits per heavy atom. The molecule has 0 aromatic carbocycles. The predicted molar refractivity (Wildman–Crippen MR) is 325 cm³/mol. The summed E-state index contributed by atoms with van der Waals surface area (Å²) >= 11 is 0. The van der Waals surface area contributed by atoms with Gasteiger partial charge in [0, 0.05) is 19.3 Å². The Bertz CT molecular complexity index is 1390. The maximum Gasteiger partial charge on any atom is 0.306 e. The van der Waals surface area contributed by atoms with Crippen LogP contribution in [0, 0.1) is 0 Å². The first-order valence-electron chi connectivity index (χ1n) is 32.4. The summed E-state index contributed by atoms with van der Waals surface area (Å²) in [6.45, 7) is 6.54. The van der Waals surface area contributed by atoms with E-state index in [0.29, 0.717) is 19.3 Å². The van der Waals surface area contributed by atoms with Crippen LogP contribution < -0.4 is 0 Å². The van der Waals surface area contributed by atoms with E-state index in [1.165, 1.54) is 193 Å². The molecule has 0 aliphatic rings. The van der Waals surface area contributed by atoms with Crippen LogP contribution in [0.3, 0.4) is 0 Å². The molecule has 0 aromatic heterocycles. The molecule has 0 aliphatic carbocycles. The van der Waals surface area contributed by atoms with Gasteiger partial charge in [0.15, 0.2) is 6.10 Å². The predicted octanol–water partition coefficient (Wildman–Crippen LogP) is 22.1. The lowest BCUT2D eigenvalue weighted by atomic mass is 10.0. The van der Waals surface area contributed by atoms with E-state index in [4.69, 9.17) is 14.2 Å². The molecule has 0 heterocycles. The van der Waals surface area contributed by atoms with Gasteiger partial charge in [-0.1, -0.05) is 312 Å². The number of unbranched alkanes of at least 4 members (excludes halogenated alkanes) is 36. The van der Waals surface area contributed by atoms with Gasteiger partial charge in [0.2, 0.25) is 0 Å². The Morgan fingerprint density at radius 2 is 0.520 bits per heavy atom. The highest BCUT2D eigenvalue weighted by Crippen LogP contribution is 2.17. The molecule has 0 aliphatic heterocycles. The molecule has 1 unspecified atom stereocenters. The van der Waals surface area contributed by atoms with Gasteiger partial charge in [-0.2, -0.15) is 0 Å². The van der Waals surface area contributed by atoms with E-state index in [9.17, 15) is 14.4 Å². The third-order valence-electron chi connectivity index (χ3n) is 14.2. The summed E-state index contributed by atoms with van der Waals surface area (Å²) in [7, 11) is 0. The number of allylic oxidation sites excluding steroid dienone is 12. The molecule has 0 rings (SSSR count). The number of rotatable bonds is 59. The highest BCUT2D eigenvalue weighted by atomic mass is 16.6. The highest BCUT2D eigenvalue weighted by molar-refractivity contribution is 5.71. The number of carbonyl (C=O) groups excluding carboxylic acids is 3. The Hall–Kier alpha value is -3.15. The molecule has 6 heteroatoms. The van der Waals surface area contributed by atoms with Crippen LogP contribution in [0.2, 0.25) is 0 Å². The van der Waals surface area contributed by atoms with Gasteiger partial charge < -0.3 is 14.2 Å². The molecular formula is C69H122O6. The largest absolute Gasteiger partial charge is 0.462 e. The first-order valence-corrected chi connectivity index (χ1v) is 32.4. The fourth-order valence-corrected chi connectivity index (χ4v) is 9.39. The molecule has 0 saturated carbocycles. The summed E-state index contributed by atoms with van der Waals surface area (Å²) in [5.74, 6) is -0.864. The first-order chi connectivity index (χ1) is 37.0. The maximum absolute atomic E-state index is 12.9. The molecule has 1 atom stereocenters. The fourth-order valence-electron chi connectivity index (χ4n) is 9.39. The van der Waals surface area contributed by atoms with Crippen molar-refractivity contribution < 1.29 is 28.6 Å². The van der Waals surface area contributed by atoms with Crippen molar-refractivity contribution in [2.45, 2.75) is 335 Å². The second-order valence-corrected chi connectivity index (χ2v) is 21.7. The van der Waals surface area contributed by atoms with Crippen molar-refractivity contribution in [2.75, 3.05) is 13.2 Å². The van der Waals surface area contributed by atoms with Crippen LogP contribution in [0.4, 0.5) is 0 Å². The molecule has 0 bridgehead atoms. The number of esters is 3. The fraction of sp³-hybridized carbons (Fsp3) is 0.783. The van der Waals surface area contributed by atoms with Crippen LogP contribution in [0.25, 0.3) is 0 Å². The molecule has 0 spiro atoms. The van der Waals surface area contributed by atoms with E-state index in [1.807, 2.05) is 0 Å². The monoisotopic (exact) mass is 1050 g/mol. The Labute approximate surface area is 465 Å². The number of hydrogen-bond donors (Lipinski definition) is 0. The second-order valence-electron chi connectivity index (χ2n) is 21.7. The summed E-state index contributed by atoms with van der Waals surface area (Å²) in [4.78, 5) is 38.1. The third-order valence-corrected chi connectivity index (χ3v) is 14.2. The zero-order valence-electron chi connectivity index (χ0n) is 49.8. The summed E-state index contributed by atoms with van der Waals surface area (Å²) < 4.78 is 16.9. The summed E-state index contributed by atoms with van der Waals surface area (Å²) in [6, 6.07) is 0. The summed E-state index contributed by atoms with van der Waals surface area (Å²) in [5.41, 5.74) is 0. The lowest BCUT2D eigenvalue weighted by molar-refractivity contribution is -0.167. The summed E-state index contributed by atoms with van der Waals surface area (Å²) in [5, 5.41) is 0. The minimum Gasteiger partial charge on any atom is -0.462 e. The van der Waals surface area contributed by atoms with Gasteiger partial charge in [-0.15, -0.1) is 0 Å². The standard InChI is InChI=1S/C69H122O6/c1-4-7-10-13-16-19-21-23-25-27-29-31-32-33-34-35-36-37-38-39-41-42-44-46-48-50-53-56-59-62-68(71)74-65-66(64-73-67(70)61-58-55-52-18-15-12-9-6-3)75-69(72)63-60-57-54-51-49-47-45-43-40-30-28-26-24-22-20-17-14-11-8-5-2/h7,10,16,19,23,25,29,31,33-34,36-37,66H,4-6,8-9,11-15,17-18,20-22,24,26-28,30,32,35,38-65H2,1-3H3/b10-7-,19-16-,25-23-,31-29-,34-33-,37-36-. The zero-order chi connectivity index (χ0) is 54.3. The molecular weight excluding hydrogens is 925 g/mol. The topological polar surface area (TPSA) is 78.9 Å². The van der Waals surface area contributed by atoms with E-state index < -0.39 is 6.10 Å². The maximum atomic E-state index is 12.9. The molecule has 0 saturated heterocycles. The minimum absolute atomic E-state index is 0.0718. The SMILES string of the molecule is CC/C=C\C/C=C\C/C=C\C/C=C\C/C=C\C/C=C\CCCCCCCCCCCCC(=O)OCC(COC(=O)CCCCCCCCCC)OC(=O)CCCCCCCCCCCCCCCCCCCCCC. The van der Waals surface area contributed by atoms with Gasteiger partial charge in [-0.25, -0.2) is 0 Å². The Balaban J connectivity index is 4.14. The summed E-state index contributed by atoms with van der Waals surface area (Å²) in [6.07, 6.45) is 82.1. The van der Waals surface area contributed by atoms with E-state index >= 15 is 0 Å². The van der Waals surface area contributed by atoms with Crippen molar-refractivity contribution >= 4 is 17.9 Å². The molecule has 0 amide bonds. The molecule has 6 nitrogen and oxygen atoms in total. The van der Waals surface area contributed by atoms with Gasteiger partial charge in [0.05, 0.1) is 0 Å². The van der Waals surface area contributed by atoms with E-state index in [-0.39, 0.29) is 31.1 Å². The average Bonchev–Trinajstić information content (AvgIpc) is 3.41. The smallest absolute Gasteiger partial charge is 0.306 e. The second kappa shape index (κ2) is 63.4. The normalized spacial score (nSPS) is 12.5. The molecule has 0 N–H and O–H groups in total. The van der Waals surface area contributed by atoms with Crippen LogP contribution in [0.1, 0.15) is 329 Å². The molecule has 0 fully saturated rings. The van der Waals surface area contributed by atoms with Gasteiger partial charge in [0.1, 0.15) is 13.2 Å². The van der Waals surface area contributed by atoms with Crippen molar-refractivity contribution in [3.05, 3.63) is 72.9 Å². The van der Waals surface area contributed by atoms with Crippen molar-refractivity contribution in [1.29, 1.82) is 0 Å².